The van der Waals surface area contributed by atoms with Crippen LogP contribution in [0.3, 0.4) is 0 Å². The summed E-state index contributed by atoms with van der Waals surface area (Å²) in [5.41, 5.74) is 1.39. The van der Waals surface area contributed by atoms with Crippen molar-refractivity contribution in [3.8, 4) is 5.75 Å². The van der Waals surface area contributed by atoms with Crippen LogP contribution in [0.2, 0.25) is 0 Å². The van der Waals surface area contributed by atoms with Crippen LogP contribution in [-0.2, 0) is 24.5 Å². The van der Waals surface area contributed by atoms with Gasteiger partial charge in [0.15, 0.2) is 5.41 Å². The first-order valence-electron chi connectivity index (χ1n) is 8.62. The number of hydrogen-bond acceptors (Lipinski definition) is 5. The van der Waals surface area contributed by atoms with Crippen molar-refractivity contribution in [2.45, 2.75) is 31.6 Å². The topological polar surface area (TPSA) is 61.8 Å². The van der Waals surface area contributed by atoms with Crippen LogP contribution in [0, 0.1) is 5.41 Å². The van der Waals surface area contributed by atoms with Gasteiger partial charge in [0.05, 0.1) is 20.8 Å². The van der Waals surface area contributed by atoms with Crippen molar-refractivity contribution in [1.29, 1.82) is 0 Å². The van der Waals surface area contributed by atoms with Crippen LogP contribution in [0.5, 0.6) is 5.75 Å². The second-order valence-corrected chi connectivity index (χ2v) is 7.30. The molecule has 0 saturated heterocycles. The Kier molecular flexibility index (Phi) is 4.65. The molecule has 1 saturated carbocycles. The molecular formula is C21H24O5. The third-order valence-corrected chi connectivity index (χ3v) is 5.50. The molecule has 2 aliphatic rings. The third kappa shape index (κ3) is 2.81. The van der Waals surface area contributed by atoms with E-state index in [9.17, 15) is 9.59 Å². The molecule has 0 spiro atoms. The fourth-order valence-corrected chi connectivity index (χ4v) is 3.89. The van der Waals surface area contributed by atoms with Crippen LogP contribution >= 0.6 is 0 Å². The van der Waals surface area contributed by atoms with Crippen LogP contribution < -0.4 is 4.74 Å². The first-order valence-corrected chi connectivity index (χ1v) is 8.62. The number of carbonyl (C=O) groups is 2. The first kappa shape index (κ1) is 18.2. The van der Waals surface area contributed by atoms with E-state index in [4.69, 9.17) is 14.2 Å². The smallest absolute Gasteiger partial charge is 0.323 e. The van der Waals surface area contributed by atoms with Crippen molar-refractivity contribution in [3.63, 3.8) is 0 Å². The molecule has 0 amide bonds. The summed E-state index contributed by atoms with van der Waals surface area (Å²) < 4.78 is 15.6. The van der Waals surface area contributed by atoms with Gasteiger partial charge in [0, 0.05) is 11.0 Å². The van der Waals surface area contributed by atoms with Gasteiger partial charge in [0.2, 0.25) is 0 Å². The van der Waals surface area contributed by atoms with Crippen molar-refractivity contribution < 1.29 is 23.8 Å². The molecule has 1 fully saturated rings. The summed E-state index contributed by atoms with van der Waals surface area (Å²) in [6.07, 6.45) is 3.28. The molecule has 1 aromatic carbocycles. The summed E-state index contributed by atoms with van der Waals surface area (Å²) in [5.74, 6) is -0.235. The van der Waals surface area contributed by atoms with E-state index in [0.717, 1.165) is 23.3 Å². The maximum atomic E-state index is 12.3. The Balaban J connectivity index is 1.85. The maximum Gasteiger partial charge on any atom is 0.323 e. The molecule has 1 aliphatic carbocycles. The molecule has 1 heterocycles. The van der Waals surface area contributed by atoms with Crippen LogP contribution in [0.25, 0.3) is 0 Å². The van der Waals surface area contributed by atoms with Crippen molar-refractivity contribution in [3.05, 3.63) is 53.6 Å². The molecule has 1 aliphatic heterocycles. The zero-order chi connectivity index (χ0) is 18.9. The molecular weight excluding hydrogens is 332 g/mol. The highest BCUT2D eigenvalue weighted by Gasteiger charge is 2.53. The quantitative estimate of drug-likeness (QED) is 0.612. The monoisotopic (exact) mass is 356 g/mol. The Bertz CT molecular complexity index is 775. The number of allylic oxidation sites excluding steroid dienone is 3. The van der Waals surface area contributed by atoms with Crippen LogP contribution in [0.15, 0.2) is 48.1 Å². The normalized spacial score (nSPS) is 24.9. The molecule has 1 atom stereocenters. The molecule has 5 heteroatoms. The minimum Gasteiger partial charge on any atom is -0.492 e. The van der Waals surface area contributed by atoms with Gasteiger partial charge in [-0.15, -0.1) is 0 Å². The average molecular weight is 356 g/mol. The summed E-state index contributed by atoms with van der Waals surface area (Å²) in [5, 5.41) is 0. The van der Waals surface area contributed by atoms with Gasteiger partial charge < -0.3 is 14.2 Å². The zero-order valence-corrected chi connectivity index (χ0v) is 15.5. The highest BCUT2D eigenvalue weighted by molar-refractivity contribution is 6.01. The number of hydrogen-bond donors (Lipinski definition) is 0. The summed E-state index contributed by atoms with van der Waals surface area (Å²) >= 11 is 0. The summed E-state index contributed by atoms with van der Waals surface area (Å²) in [7, 11) is 2.57. The van der Waals surface area contributed by atoms with Crippen LogP contribution in [0.4, 0.5) is 0 Å². The Morgan fingerprint density at radius 3 is 2.50 bits per heavy atom. The number of methoxy groups -OCH3 is 2. The van der Waals surface area contributed by atoms with E-state index in [2.05, 4.69) is 25.6 Å². The molecule has 5 nitrogen and oxygen atoms in total. The van der Waals surface area contributed by atoms with Crippen molar-refractivity contribution in [2.75, 3.05) is 20.8 Å². The molecule has 0 N–H and O–H groups in total. The van der Waals surface area contributed by atoms with Gasteiger partial charge in [-0.3, -0.25) is 9.59 Å². The van der Waals surface area contributed by atoms with E-state index in [-0.39, 0.29) is 18.3 Å². The number of ether oxygens (including phenoxy) is 3. The first-order chi connectivity index (χ1) is 12.4. The predicted molar refractivity (Wildman–Crippen MR) is 96.8 cm³/mol. The molecule has 0 bridgehead atoms. The van der Waals surface area contributed by atoms with E-state index in [0.29, 0.717) is 6.61 Å². The average Bonchev–Trinajstić information content (AvgIpc) is 3.18. The van der Waals surface area contributed by atoms with Crippen molar-refractivity contribution >= 4 is 11.9 Å². The van der Waals surface area contributed by atoms with Gasteiger partial charge in [0.25, 0.3) is 0 Å². The van der Waals surface area contributed by atoms with E-state index < -0.39 is 17.4 Å². The number of rotatable bonds is 4. The summed E-state index contributed by atoms with van der Waals surface area (Å²) in [6.45, 7) is 6.81. The lowest BCUT2D eigenvalue weighted by Crippen LogP contribution is -2.38. The fraction of sp³-hybridized carbons (Fsp3) is 0.429. The molecule has 138 valence electrons. The Morgan fingerprint density at radius 1 is 1.19 bits per heavy atom. The van der Waals surface area contributed by atoms with Gasteiger partial charge in [-0.1, -0.05) is 43.4 Å². The molecule has 3 rings (SSSR count). The van der Waals surface area contributed by atoms with Gasteiger partial charge in [-0.2, -0.15) is 0 Å². The van der Waals surface area contributed by atoms with Crippen LogP contribution in [0.1, 0.15) is 31.7 Å². The van der Waals surface area contributed by atoms with Gasteiger partial charge in [0.1, 0.15) is 5.75 Å². The molecule has 26 heavy (non-hydrogen) atoms. The molecule has 1 unspecified atom stereocenters. The third-order valence-electron chi connectivity index (χ3n) is 5.50. The maximum absolute atomic E-state index is 12.3. The van der Waals surface area contributed by atoms with Crippen molar-refractivity contribution in [2.24, 2.45) is 5.41 Å². The molecule has 0 radical (unpaired) electrons. The number of carbonyl (C=O) groups excluding carboxylic acids is 2. The molecule has 0 aromatic heterocycles. The highest BCUT2D eigenvalue weighted by atomic mass is 16.5. The standard InChI is InChI=1S/C21H24O5/c1-14-11-21(18(22)24-3,19(23)25-4)12-15(14)9-10-20(2)13-26-17-8-6-5-7-16(17)20/h5-9H,1,10-13H2,2-4H3/b15-9-. The highest BCUT2D eigenvalue weighted by Crippen LogP contribution is 2.48. The number of fused-ring (bicyclic) bond motifs is 1. The number of para-hydroxylation sites is 1. The SMILES string of the molecule is C=C1CC(C(=O)OC)(C(=O)OC)C/C1=C/CC1(C)COc2ccccc21. The lowest BCUT2D eigenvalue weighted by atomic mass is 9.80. The number of benzene rings is 1. The Morgan fingerprint density at radius 2 is 1.85 bits per heavy atom. The van der Waals surface area contributed by atoms with Crippen LogP contribution in [-0.4, -0.2) is 32.8 Å². The zero-order valence-electron chi connectivity index (χ0n) is 15.5. The lowest BCUT2D eigenvalue weighted by Gasteiger charge is -2.22. The Hall–Kier alpha value is -2.56. The largest absolute Gasteiger partial charge is 0.492 e. The van der Waals surface area contributed by atoms with E-state index in [1.54, 1.807) is 0 Å². The minimum absolute atomic E-state index is 0.147. The van der Waals surface area contributed by atoms with E-state index in [1.807, 2.05) is 18.2 Å². The number of esters is 2. The second-order valence-electron chi connectivity index (χ2n) is 7.30. The minimum atomic E-state index is -1.32. The summed E-state index contributed by atoms with van der Waals surface area (Å²) in [4.78, 5) is 24.6. The van der Waals surface area contributed by atoms with Gasteiger partial charge in [-0.25, -0.2) is 0 Å². The second kappa shape index (κ2) is 6.63. The fourth-order valence-electron chi connectivity index (χ4n) is 3.89. The van der Waals surface area contributed by atoms with Gasteiger partial charge >= 0.3 is 11.9 Å². The van der Waals surface area contributed by atoms with E-state index in [1.165, 1.54) is 19.8 Å². The molecule has 1 aromatic rings. The predicted octanol–water partition coefficient (Wildman–Crippen LogP) is 3.34. The summed E-state index contributed by atoms with van der Waals surface area (Å²) in [6, 6.07) is 8.02. The van der Waals surface area contributed by atoms with E-state index >= 15 is 0 Å². The van der Waals surface area contributed by atoms with Crippen molar-refractivity contribution in [1.82, 2.24) is 0 Å². The van der Waals surface area contributed by atoms with Gasteiger partial charge in [-0.05, 0) is 30.9 Å². The lowest BCUT2D eigenvalue weighted by molar-refractivity contribution is -0.168. The Labute approximate surface area is 153 Å².